The molecule has 1 aromatic heterocycles. The normalized spacial score (nSPS) is 15.2. The van der Waals surface area contributed by atoms with Crippen molar-refractivity contribution in [2.45, 2.75) is 6.92 Å². The summed E-state index contributed by atoms with van der Waals surface area (Å²) in [6, 6.07) is 0. The Balaban J connectivity index is 2.58. The van der Waals surface area contributed by atoms with Gasteiger partial charge in [0.1, 0.15) is 12.3 Å². The van der Waals surface area contributed by atoms with E-state index in [4.69, 9.17) is 4.74 Å². The number of hydrogen-bond donors (Lipinski definition) is 0. The third-order valence-corrected chi connectivity index (χ3v) is 3.06. The Labute approximate surface area is 85.8 Å². The van der Waals surface area contributed by atoms with Crippen LogP contribution in [0.3, 0.4) is 0 Å². The van der Waals surface area contributed by atoms with E-state index < -0.39 is 0 Å². The first-order chi connectivity index (χ1) is 6.20. The summed E-state index contributed by atoms with van der Waals surface area (Å²) in [5.41, 5.74) is 2.29. The van der Waals surface area contributed by atoms with Gasteiger partial charge in [-0.25, -0.2) is 4.98 Å². The van der Waals surface area contributed by atoms with Gasteiger partial charge in [0.05, 0.1) is 6.54 Å². The van der Waals surface area contributed by atoms with Crippen LogP contribution >= 0.6 is 15.9 Å². The summed E-state index contributed by atoms with van der Waals surface area (Å²) in [6.07, 6.45) is 1.79. The van der Waals surface area contributed by atoms with E-state index in [1.165, 1.54) is 5.56 Å². The average molecular weight is 243 g/mol. The Morgan fingerprint density at radius 2 is 2.38 bits per heavy atom. The monoisotopic (exact) mass is 242 g/mol. The molecular weight excluding hydrogens is 232 g/mol. The molecular formula is C9H11BrN2O. The summed E-state index contributed by atoms with van der Waals surface area (Å²) in [7, 11) is 2.06. The van der Waals surface area contributed by atoms with Crippen LogP contribution in [0.2, 0.25) is 0 Å². The van der Waals surface area contributed by atoms with Crippen LogP contribution in [0.5, 0.6) is 5.88 Å². The van der Waals surface area contributed by atoms with Gasteiger partial charge in [0.2, 0.25) is 5.88 Å². The topological polar surface area (TPSA) is 25.4 Å². The lowest BCUT2D eigenvalue weighted by molar-refractivity contribution is 0.298. The Hall–Kier alpha value is -0.770. The summed E-state index contributed by atoms with van der Waals surface area (Å²) < 4.78 is 6.49. The summed E-state index contributed by atoms with van der Waals surface area (Å²) in [6.45, 7) is 3.71. The predicted molar refractivity (Wildman–Crippen MR) is 55.4 cm³/mol. The van der Waals surface area contributed by atoms with Gasteiger partial charge < -0.3 is 9.64 Å². The fourth-order valence-corrected chi connectivity index (χ4v) is 1.78. The molecule has 0 fully saturated rings. The van der Waals surface area contributed by atoms with Crippen molar-refractivity contribution >= 4 is 21.6 Å². The van der Waals surface area contributed by atoms with E-state index in [2.05, 4.69) is 39.8 Å². The molecule has 0 radical (unpaired) electrons. The molecule has 1 aliphatic rings. The molecule has 0 N–H and O–H groups in total. The van der Waals surface area contributed by atoms with Crippen LogP contribution in [0.25, 0.3) is 0 Å². The maximum atomic E-state index is 5.46. The van der Waals surface area contributed by atoms with E-state index in [9.17, 15) is 0 Å². The number of rotatable bonds is 0. The van der Waals surface area contributed by atoms with Crippen molar-refractivity contribution in [3.8, 4) is 5.88 Å². The van der Waals surface area contributed by atoms with Crippen LogP contribution in [0.15, 0.2) is 10.7 Å². The highest BCUT2D eigenvalue weighted by atomic mass is 79.9. The Morgan fingerprint density at radius 1 is 1.62 bits per heavy atom. The Morgan fingerprint density at radius 3 is 3.15 bits per heavy atom. The van der Waals surface area contributed by atoms with E-state index in [0.717, 1.165) is 29.2 Å². The molecule has 0 spiro atoms. The molecule has 70 valence electrons. The average Bonchev–Trinajstić information content (AvgIpc) is 2.12. The van der Waals surface area contributed by atoms with Gasteiger partial charge in [0, 0.05) is 17.7 Å². The molecule has 0 aliphatic carbocycles. The van der Waals surface area contributed by atoms with E-state index in [-0.39, 0.29) is 0 Å². The highest BCUT2D eigenvalue weighted by Crippen LogP contribution is 2.35. The minimum atomic E-state index is 0.720. The fourth-order valence-electron chi connectivity index (χ4n) is 1.49. The lowest BCUT2D eigenvalue weighted by Crippen LogP contribution is -2.30. The number of ether oxygens (including phenoxy) is 1. The third kappa shape index (κ3) is 1.39. The first-order valence-electron chi connectivity index (χ1n) is 4.19. The second-order valence-corrected chi connectivity index (χ2v) is 4.01. The van der Waals surface area contributed by atoms with E-state index in [1.54, 1.807) is 6.20 Å². The smallest absolute Gasteiger partial charge is 0.237 e. The van der Waals surface area contributed by atoms with Crippen LogP contribution in [-0.4, -0.2) is 25.2 Å². The van der Waals surface area contributed by atoms with Gasteiger partial charge in [-0.2, -0.15) is 0 Å². The number of nitrogens with zero attached hydrogens (tertiary/aromatic N) is 2. The number of halogens is 1. The zero-order valence-electron chi connectivity index (χ0n) is 7.67. The molecule has 4 heteroatoms. The minimum Gasteiger partial charge on any atom is -0.474 e. The number of anilines is 1. The molecule has 13 heavy (non-hydrogen) atoms. The molecule has 1 aliphatic heterocycles. The Bertz CT molecular complexity index is 341. The summed E-state index contributed by atoms with van der Waals surface area (Å²) in [5, 5.41) is 0. The molecule has 0 saturated carbocycles. The Kier molecular flexibility index (Phi) is 2.15. The van der Waals surface area contributed by atoms with Crippen molar-refractivity contribution < 1.29 is 4.74 Å². The molecule has 2 heterocycles. The van der Waals surface area contributed by atoms with Crippen molar-refractivity contribution in [3.05, 3.63) is 16.2 Å². The predicted octanol–water partition coefficient (Wildman–Crippen LogP) is 1.98. The lowest BCUT2D eigenvalue weighted by atomic mass is 10.2. The number of fused-ring (bicyclic) bond motifs is 1. The van der Waals surface area contributed by atoms with Crippen molar-refractivity contribution in [1.29, 1.82) is 0 Å². The van der Waals surface area contributed by atoms with Gasteiger partial charge in [-0.15, -0.1) is 0 Å². The first-order valence-corrected chi connectivity index (χ1v) is 4.98. The first kappa shape index (κ1) is 8.81. The molecule has 1 aromatic rings. The highest BCUT2D eigenvalue weighted by Gasteiger charge is 2.19. The van der Waals surface area contributed by atoms with E-state index >= 15 is 0 Å². The summed E-state index contributed by atoms with van der Waals surface area (Å²) in [4.78, 5) is 6.39. The zero-order valence-corrected chi connectivity index (χ0v) is 9.26. The third-order valence-electron chi connectivity index (χ3n) is 2.26. The molecule has 2 rings (SSSR count). The maximum absolute atomic E-state index is 5.46. The second kappa shape index (κ2) is 3.18. The van der Waals surface area contributed by atoms with Crippen LogP contribution in [0.1, 0.15) is 5.56 Å². The van der Waals surface area contributed by atoms with Crippen LogP contribution in [0.4, 0.5) is 5.69 Å². The molecule has 0 amide bonds. The van der Waals surface area contributed by atoms with Crippen molar-refractivity contribution in [3.63, 3.8) is 0 Å². The summed E-state index contributed by atoms with van der Waals surface area (Å²) in [5.74, 6) is 0.745. The van der Waals surface area contributed by atoms with E-state index in [1.807, 2.05) is 0 Å². The molecule has 3 nitrogen and oxygen atoms in total. The van der Waals surface area contributed by atoms with Gasteiger partial charge in [-0.1, -0.05) is 0 Å². The number of hydrogen-bond acceptors (Lipinski definition) is 3. The number of aromatic nitrogens is 1. The van der Waals surface area contributed by atoms with Crippen molar-refractivity contribution in [1.82, 2.24) is 4.98 Å². The van der Waals surface area contributed by atoms with Gasteiger partial charge in [0.25, 0.3) is 0 Å². The SMILES string of the molecule is Cc1c(Br)cnc2c1N(C)CCO2. The highest BCUT2D eigenvalue weighted by molar-refractivity contribution is 9.10. The van der Waals surface area contributed by atoms with Gasteiger partial charge in [0.15, 0.2) is 0 Å². The zero-order chi connectivity index (χ0) is 9.42. The standard InChI is InChI=1S/C9H11BrN2O/c1-6-7(10)5-11-9-8(6)12(2)3-4-13-9/h5H,3-4H2,1-2H3. The maximum Gasteiger partial charge on any atom is 0.237 e. The molecule has 0 atom stereocenters. The second-order valence-electron chi connectivity index (χ2n) is 3.15. The van der Waals surface area contributed by atoms with Gasteiger partial charge >= 0.3 is 0 Å². The molecule has 0 saturated heterocycles. The van der Waals surface area contributed by atoms with Crippen LogP contribution in [0, 0.1) is 6.92 Å². The summed E-state index contributed by atoms with van der Waals surface area (Å²) >= 11 is 3.46. The van der Waals surface area contributed by atoms with Crippen molar-refractivity contribution in [2.75, 3.05) is 25.1 Å². The number of pyridine rings is 1. The lowest BCUT2D eigenvalue weighted by Gasteiger charge is -2.28. The van der Waals surface area contributed by atoms with Gasteiger partial charge in [-0.3, -0.25) is 0 Å². The molecule has 0 unspecified atom stereocenters. The molecule has 0 bridgehead atoms. The van der Waals surface area contributed by atoms with Gasteiger partial charge in [-0.05, 0) is 28.4 Å². The number of likely N-dealkylation sites (N-methyl/N-ethyl adjacent to an activating group) is 1. The molecule has 0 aromatic carbocycles. The van der Waals surface area contributed by atoms with Crippen LogP contribution in [-0.2, 0) is 0 Å². The van der Waals surface area contributed by atoms with Crippen molar-refractivity contribution in [2.24, 2.45) is 0 Å². The van der Waals surface area contributed by atoms with Crippen LogP contribution < -0.4 is 9.64 Å². The van der Waals surface area contributed by atoms with E-state index in [0.29, 0.717) is 0 Å². The largest absolute Gasteiger partial charge is 0.474 e. The quantitative estimate of drug-likeness (QED) is 0.696. The fraction of sp³-hybridized carbons (Fsp3) is 0.444. The minimum absolute atomic E-state index is 0.720.